The van der Waals surface area contributed by atoms with Gasteiger partial charge >= 0.3 is 0 Å². The van der Waals surface area contributed by atoms with Crippen molar-refractivity contribution in [2.24, 2.45) is 5.16 Å². The van der Waals surface area contributed by atoms with Gasteiger partial charge in [0, 0.05) is 24.7 Å². The van der Waals surface area contributed by atoms with Crippen LogP contribution in [0, 0.1) is 0 Å². The minimum absolute atomic E-state index is 0.396. The maximum Gasteiger partial charge on any atom is 0.164 e. The van der Waals surface area contributed by atoms with Crippen LogP contribution >= 0.6 is 23.8 Å². The van der Waals surface area contributed by atoms with Crippen LogP contribution in [0.3, 0.4) is 0 Å². The molecule has 0 amide bonds. The fourth-order valence-corrected chi connectivity index (χ4v) is 2.50. The molecular weight excluding hydrogens is 344 g/mol. The van der Waals surface area contributed by atoms with Gasteiger partial charge in [0.05, 0.1) is 5.71 Å². The molecule has 2 aromatic rings. The molecule has 2 rings (SSSR count). The largest absolute Gasteiger partial charge is 0.380 e. The van der Waals surface area contributed by atoms with Gasteiger partial charge < -0.3 is 14.9 Å². The second kappa shape index (κ2) is 8.78. The second-order valence-corrected chi connectivity index (χ2v) is 5.92. The van der Waals surface area contributed by atoms with Gasteiger partial charge in [-0.05, 0) is 30.7 Å². The molecule has 0 saturated carbocycles. The molecule has 0 radical (unpaired) electrons. The van der Waals surface area contributed by atoms with Crippen molar-refractivity contribution in [1.29, 1.82) is 0 Å². The highest BCUT2D eigenvalue weighted by molar-refractivity contribution is 7.80. The first-order valence-corrected chi connectivity index (χ1v) is 8.16. The maximum absolute atomic E-state index is 5.90. The zero-order valence-corrected chi connectivity index (χ0v) is 15.3. The van der Waals surface area contributed by atoms with Gasteiger partial charge in [-0.25, -0.2) is 0 Å². The number of hydrogen-bond donors (Lipinski definition) is 1. The molecule has 0 fully saturated rings. The van der Waals surface area contributed by atoms with Crippen molar-refractivity contribution in [2.45, 2.75) is 13.0 Å². The Labute approximate surface area is 152 Å². The first-order valence-electron chi connectivity index (χ1n) is 7.37. The second-order valence-electron chi connectivity index (χ2n) is 5.04. The molecule has 2 aromatic carbocycles. The molecule has 0 spiro atoms. The molecule has 0 heterocycles. The van der Waals surface area contributed by atoms with Crippen LogP contribution < -0.4 is 10.2 Å². The highest BCUT2D eigenvalue weighted by Crippen LogP contribution is 2.28. The molecule has 0 aliphatic heterocycles. The van der Waals surface area contributed by atoms with E-state index in [1.54, 1.807) is 14.2 Å². The summed E-state index contributed by atoms with van der Waals surface area (Å²) >= 11 is 11.2. The number of likely N-dealkylation sites (N-methyl/N-ethyl adjacent to an activating group) is 1. The molecule has 4 nitrogen and oxygen atoms in total. The van der Waals surface area contributed by atoms with Gasteiger partial charge in [0.25, 0.3) is 0 Å². The molecule has 24 heavy (non-hydrogen) atoms. The van der Waals surface area contributed by atoms with Gasteiger partial charge in [-0.2, -0.15) is 0 Å². The number of thiocarbonyl (C=S) groups is 1. The Morgan fingerprint density at radius 3 is 2.46 bits per heavy atom. The Hall–Kier alpha value is -1.95. The van der Waals surface area contributed by atoms with Crippen LogP contribution in [0.25, 0.3) is 0 Å². The number of halogens is 1. The Kier molecular flexibility index (Phi) is 6.73. The van der Waals surface area contributed by atoms with E-state index in [-0.39, 0.29) is 0 Å². The summed E-state index contributed by atoms with van der Waals surface area (Å²) in [5.41, 5.74) is 2.49. The lowest BCUT2D eigenvalue weighted by atomic mass is 10.1. The Morgan fingerprint density at radius 2 is 1.83 bits per heavy atom. The summed E-state index contributed by atoms with van der Waals surface area (Å²) in [6.07, 6.45) is -0.396. The number of nitrogens with zero attached hydrogens (tertiary/aromatic N) is 1. The van der Waals surface area contributed by atoms with Crippen molar-refractivity contribution in [3.8, 4) is 5.75 Å². The lowest BCUT2D eigenvalue weighted by molar-refractivity contribution is 0.153. The van der Waals surface area contributed by atoms with E-state index < -0.39 is 6.10 Å². The summed E-state index contributed by atoms with van der Waals surface area (Å²) < 4.78 is 5.49. The van der Waals surface area contributed by atoms with E-state index in [0.29, 0.717) is 15.8 Å². The first kappa shape index (κ1) is 18.4. The fourth-order valence-electron chi connectivity index (χ4n) is 2.15. The number of methoxy groups -OCH3 is 1. The number of rotatable bonds is 6. The predicted molar refractivity (Wildman–Crippen MR) is 102 cm³/mol. The number of oxime groups is 1. The molecule has 0 aliphatic carbocycles. The van der Waals surface area contributed by atoms with Crippen molar-refractivity contribution in [3.63, 3.8) is 0 Å². The minimum atomic E-state index is -0.396. The van der Waals surface area contributed by atoms with Crippen molar-refractivity contribution in [2.75, 3.05) is 14.2 Å². The molecule has 126 valence electrons. The molecular formula is C18H19ClN2O2S. The highest BCUT2D eigenvalue weighted by Gasteiger charge is 2.19. The van der Waals surface area contributed by atoms with Crippen LogP contribution in [0.15, 0.2) is 53.7 Å². The molecule has 1 N–H and O–H groups in total. The zero-order valence-electron chi connectivity index (χ0n) is 13.7. The summed E-state index contributed by atoms with van der Waals surface area (Å²) in [5.74, 6) is 0.593. The fraction of sp³-hybridized carbons (Fsp3) is 0.222. The summed E-state index contributed by atoms with van der Waals surface area (Å²) in [6.45, 7) is 1.87. The lowest BCUT2D eigenvalue weighted by Crippen LogP contribution is -2.25. The van der Waals surface area contributed by atoms with Gasteiger partial charge in [-0.1, -0.05) is 59.3 Å². The summed E-state index contributed by atoms with van der Waals surface area (Å²) in [6, 6.07) is 14.9. The van der Waals surface area contributed by atoms with Crippen LogP contribution in [0.5, 0.6) is 5.75 Å². The maximum atomic E-state index is 5.90. The van der Waals surface area contributed by atoms with E-state index in [4.69, 9.17) is 33.4 Å². The standard InChI is InChI=1S/C18H19ClN2O2S/c1-12(13-8-10-14(19)11-9-13)21-23-16-7-5-4-6-15(16)17(22-3)18(24)20-2/h4-11,17H,1-3H3,(H,20,24). The normalized spacial score (nSPS) is 12.6. The highest BCUT2D eigenvalue weighted by atomic mass is 35.5. The van der Waals surface area contributed by atoms with E-state index >= 15 is 0 Å². The Morgan fingerprint density at radius 1 is 1.17 bits per heavy atom. The topological polar surface area (TPSA) is 42.8 Å². The van der Waals surface area contributed by atoms with Gasteiger partial charge in [0.1, 0.15) is 11.1 Å². The minimum Gasteiger partial charge on any atom is -0.380 e. The van der Waals surface area contributed by atoms with Gasteiger partial charge in [-0.15, -0.1) is 0 Å². The van der Waals surface area contributed by atoms with Crippen LogP contribution in [0.2, 0.25) is 5.02 Å². The summed E-state index contributed by atoms with van der Waals surface area (Å²) in [4.78, 5) is 6.22. The van der Waals surface area contributed by atoms with Crippen LogP contribution in [-0.2, 0) is 4.74 Å². The molecule has 0 saturated heterocycles. The quantitative estimate of drug-likeness (QED) is 0.470. The summed E-state index contributed by atoms with van der Waals surface area (Å²) in [7, 11) is 3.37. The molecule has 6 heteroatoms. The Balaban J connectivity index is 2.25. The van der Waals surface area contributed by atoms with E-state index in [1.807, 2.05) is 55.5 Å². The van der Waals surface area contributed by atoms with E-state index in [9.17, 15) is 0 Å². The molecule has 0 aliphatic rings. The predicted octanol–water partition coefficient (Wildman–Crippen LogP) is 4.38. The number of nitrogens with one attached hydrogen (secondary N) is 1. The van der Waals surface area contributed by atoms with Crippen LogP contribution in [0.4, 0.5) is 0 Å². The number of ether oxygens (including phenoxy) is 1. The van der Waals surface area contributed by atoms with Crippen molar-refractivity contribution >= 4 is 34.5 Å². The smallest absolute Gasteiger partial charge is 0.164 e. The molecule has 0 bridgehead atoms. The molecule has 0 aromatic heterocycles. The van der Waals surface area contributed by atoms with E-state index in [0.717, 1.165) is 16.8 Å². The van der Waals surface area contributed by atoms with Gasteiger partial charge in [0.15, 0.2) is 5.75 Å². The molecule has 1 atom stereocenters. The third-order valence-electron chi connectivity index (χ3n) is 3.46. The first-order chi connectivity index (χ1) is 11.6. The number of hydrogen-bond acceptors (Lipinski definition) is 4. The third kappa shape index (κ3) is 4.54. The van der Waals surface area contributed by atoms with Crippen molar-refractivity contribution in [1.82, 2.24) is 5.32 Å². The average Bonchev–Trinajstić information content (AvgIpc) is 2.61. The van der Waals surface area contributed by atoms with E-state index in [2.05, 4.69) is 10.5 Å². The number of para-hydroxylation sites is 1. The van der Waals surface area contributed by atoms with Gasteiger partial charge in [-0.3, -0.25) is 0 Å². The lowest BCUT2D eigenvalue weighted by Gasteiger charge is -2.18. The van der Waals surface area contributed by atoms with Crippen LogP contribution in [-0.4, -0.2) is 24.9 Å². The summed E-state index contributed by atoms with van der Waals surface area (Å²) in [5, 5.41) is 7.83. The monoisotopic (exact) mass is 362 g/mol. The van der Waals surface area contributed by atoms with Crippen LogP contribution in [0.1, 0.15) is 24.2 Å². The third-order valence-corrected chi connectivity index (χ3v) is 4.13. The molecule has 1 unspecified atom stereocenters. The van der Waals surface area contributed by atoms with E-state index in [1.165, 1.54) is 0 Å². The zero-order chi connectivity index (χ0) is 17.5. The SMILES string of the molecule is CNC(=S)C(OC)c1ccccc1ON=C(C)c1ccc(Cl)cc1. The Bertz CT molecular complexity index is 732. The van der Waals surface area contributed by atoms with Crippen molar-refractivity contribution < 1.29 is 9.57 Å². The number of benzene rings is 2. The average molecular weight is 363 g/mol. The van der Waals surface area contributed by atoms with Gasteiger partial charge in [0.2, 0.25) is 0 Å². The van der Waals surface area contributed by atoms with Crippen molar-refractivity contribution in [3.05, 3.63) is 64.7 Å².